The molecule has 8 N–H and O–H groups in total. The number of nitrogens with one attached hydrogen (secondary N) is 1. The minimum atomic E-state index is -1.30. The molecule has 2 aromatic carbocycles. The predicted octanol–water partition coefficient (Wildman–Crippen LogP) is 2.06. The number of aromatic nitrogens is 4. The Hall–Kier alpha value is -4.99. The first-order valence-electron chi connectivity index (χ1n) is 15.1. The van der Waals surface area contributed by atoms with E-state index >= 15 is 0 Å². The van der Waals surface area contributed by atoms with Crippen LogP contribution in [0.3, 0.4) is 0 Å². The van der Waals surface area contributed by atoms with Crippen LogP contribution >= 0.6 is 34.9 Å². The molecular formula is C32H27N8NaO9S3. The number of thiazole rings is 1. The Morgan fingerprint density at radius 1 is 1.04 bits per heavy atom. The van der Waals surface area contributed by atoms with E-state index in [2.05, 4.69) is 25.5 Å². The van der Waals surface area contributed by atoms with Crippen LogP contribution in [-0.4, -0.2) is 126 Å². The minimum absolute atomic E-state index is 0. The molecule has 17 nitrogen and oxygen atoms in total. The molecule has 1 fully saturated rings. The topological polar surface area (TPSA) is 258 Å². The molecule has 0 bridgehead atoms. The van der Waals surface area contributed by atoms with Gasteiger partial charge in [-0.05, 0) is 47.5 Å². The van der Waals surface area contributed by atoms with E-state index in [0.29, 0.717) is 33.1 Å². The second-order valence-corrected chi connectivity index (χ2v) is 14.3. The summed E-state index contributed by atoms with van der Waals surface area (Å²) in [5.74, 6) is -3.57. The molecule has 5 aromatic rings. The number of fused-ring (bicyclic) bond motifs is 2. The first-order chi connectivity index (χ1) is 25.0. The van der Waals surface area contributed by atoms with Gasteiger partial charge in [0, 0.05) is 28.5 Å². The third-order valence-corrected chi connectivity index (χ3v) is 11.0. The van der Waals surface area contributed by atoms with Crippen molar-refractivity contribution in [3.05, 3.63) is 82.6 Å². The summed E-state index contributed by atoms with van der Waals surface area (Å²) in [6.45, 7) is -0.181. The third kappa shape index (κ3) is 7.59. The monoisotopic (exact) mass is 786 g/mol. The second kappa shape index (κ2) is 15.5. The van der Waals surface area contributed by atoms with Crippen molar-refractivity contribution in [2.24, 2.45) is 5.16 Å². The molecule has 0 unspecified atom stereocenters. The fourth-order valence-electron chi connectivity index (χ4n) is 5.41. The molecule has 0 radical (unpaired) electrons. The molecule has 5 heterocycles. The summed E-state index contributed by atoms with van der Waals surface area (Å²) in [5, 5.41) is 61.7. The van der Waals surface area contributed by atoms with E-state index in [1.165, 1.54) is 59.2 Å². The van der Waals surface area contributed by atoms with Crippen molar-refractivity contribution in [1.29, 1.82) is 0 Å². The number of benzene rings is 2. The molecule has 1 saturated heterocycles. The molecule has 3 aromatic heterocycles. The van der Waals surface area contributed by atoms with Crippen LogP contribution in [0.1, 0.15) is 11.3 Å². The Morgan fingerprint density at radius 2 is 1.79 bits per heavy atom. The fourth-order valence-corrected chi connectivity index (χ4v) is 8.46. The number of thioether (sulfide) groups is 2. The summed E-state index contributed by atoms with van der Waals surface area (Å²) in [4.78, 5) is 54.7. The number of hydrogen-bond donors (Lipinski definition) is 7. The molecule has 2 atom stereocenters. The SMILES string of the molecule is Nc1nc(/C(=N/OCc2ccc(O)c(O)c2)C(=O)N[C@@H]2C(=O)N3C(C(=O)O)=C(CSc4cc(-c5ccc(O)c(O)c5)nc5ccnn45)CS[C@H]23)cs1.[NaH]. The fraction of sp³-hybridized carbons (Fsp3) is 0.156. The first kappa shape index (κ1) is 37.8. The van der Waals surface area contributed by atoms with Crippen molar-refractivity contribution in [3.8, 4) is 34.3 Å². The Bertz CT molecular complexity index is 2330. The van der Waals surface area contributed by atoms with Gasteiger partial charge in [0.2, 0.25) is 0 Å². The number of carboxylic acid groups (broad SMARTS) is 1. The average Bonchev–Trinajstić information content (AvgIpc) is 3.79. The first-order valence-corrected chi connectivity index (χ1v) is 18.0. The molecule has 0 saturated carbocycles. The number of aliphatic carboxylic acids is 1. The Kier molecular flexibility index (Phi) is 11.1. The van der Waals surface area contributed by atoms with E-state index < -0.39 is 29.2 Å². The molecule has 2 aliphatic rings. The summed E-state index contributed by atoms with van der Waals surface area (Å²) in [7, 11) is 0. The van der Waals surface area contributed by atoms with Gasteiger partial charge in [-0.3, -0.25) is 14.5 Å². The van der Waals surface area contributed by atoms with Crippen LogP contribution in [0.4, 0.5) is 5.13 Å². The van der Waals surface area contributed by atoms with Gasteiger partial charge in [-0.15, -0.1) is 34.9 Å². The molecule has 21 heteroatoms. The Morgan fingerprint density at radius 3 is 2.49 bits per heavy atom. The zero-order chi connectivity index (χ0) is 36.7. The number of oxime groups is 1. The number of phenols is 4. The summed E-state index contributed by atoms with van der Waals surface area (Å²) in [6, 6.07) is 10.7. The molecule has 2 aliphatic heterocycles. The number of carbonyl (C=O) groups is 3. The number of hydrogen-bond acceptors (Lipinski definition) is 16. The number of phenolic OH excluding ortho intramolecular Hbond substituents is 4. The van der Waals surface area contributed by atoms with E-state index in [0.717, 1.165) is 16.2 Å². The zero-order valence-corrected chi connectivity index (χ0v) is 28.9. The van der Waals surface area contributed by atoms with Crippen LogP contribution < -0.4 is 11.1 Å². The number of β-lactam (4-membered cyclic amide) rings is 1. The maximum absolute atomic E-state index is 13.5. The maximum atomic E-state index is 13.5. The average molecular weight is 787 g/mol. The summed E-state index contributed by atoms with van der Waals surface area (Å²) in [5.41, 5.74) is 7.86. The van der Waals surface area contributed by atoms with Crippen LogP contribution in [0.15, 0.2) is 81.6 Å². The van der Waals surface area contributed by atoms with Gasteiger partial charge >= 0.3 is 35.5 Å². The van der Waals surface area contributed by atoms with Gasteiger partial charge in [-0.1, -0.05) is 11.2 Å². The Labute approximate surface area is 333 Å². The quantitative estimate of drug-likeness (QED) is 0.0192. The van der Waals surface area contributed by atoms with Crippen molar-refractivity contribution >= 4 is 98.7 Å². The molecule has 0 aliphatic carbocycles. The molecule has 0 spiro atoms. The molecule has 2 amide bonds. The van der Waals surface area contributed by atoms with Crippen molar-refractivity contribution < 1.29 is 44.8 Å². The van der Waals surface area contributed by atoms with Gasteiger partial charge < -0.3 is 41.4 Å². The zero-order valence-electron chi connectivity index (χ0n) is 26.4. The number of amides is 2. The van der Waals surface area contributed by atoms with Gasteiger partial charge in [-0.25, -0.2) is 19.3 Å². The van der Waals surface area contributed by atoms with E-state index in [4.69, 9.17) is 10.6 Å². The van der Waals surface area contributed by atoms with Gasteiger partial charge in [-0.2, -0.15) is 5.10 Å². The van der Waals surface area contributed by atoms with Crippen LogP contribution in [0.5, 0.6) is 23.0 Å². The van der Waals surface area contributed by atoms with Gasteiger partial charge in [0.15, 0.2) is 39.5 Å². The van der Waals surface area contributed by atoms with Crippen molar-refractivity contribution in [1.82, 2.24) is 29.8 Å². The Balaban J connectivity index is 0.00000481. The predicted molar refractivity (Wildman–Crippen MR) is 197 cm³/mol. The number of nitrogens with two attached hydrogens (primary N) is 1. The normalized spacial score (nSPS) is 16.9. The van der Waals surface area contributed by atoms with Crippen LogP contribution in [0.25, 0.3) is 16.9 Å². The number of aromatic hydroxyl groups is 4. The number of nitrogen functional groups attached to an aromatic ring is 1. The molecular weight excluding hydrogens is 760 g/mol. The van der Waals surface area contributed by atoms with Crippen LogP contribution in [0, 0.1) is 0 Å². The molecule has 7 rings (SSSR count). The standard InChI is InChI=1S/C32H26N8O9S3.Na.H/c33-32-36-18(13-52-32)25(38-49-10-14-1-3-19(41)21(43)7-14)28(45)37-26-29(46)39-27(31(47)48)16(12-51-30(26)39)11-50-24-9-17(35-23-5-6-34-40(23)24)15-2-4-20(42)22(44)8-15;;/h1-9,13,26,30,41-44H,10-12H2,(H2,33,36)(H,37,45)(H,47,48);;/b38-25-;;/t26-,30-;;/m1../s1. The van der Waals surface area contributed by atoms with Gasteiger partial charge in [0.25, 0.3) is 11.8 Å². The number of nitrogens with zero attached hydrogens (tertiary/aromatic N) is 6. The summed E-state index contributed by atoms with van der Waals surface area (Å²) < 4.78 is 1.59. The molecule has 268 valence electrons. The summed E-state index contributed by atoms with van der Waals surface area (Å²) in [6.07, 6.45) is 1.56. The van der Waals surface area contributed by atoms with Crippen LogP contribution in [-0.2, 0) is 25.8 Å². The van der Waals surface area contributed by atoms with Crippen molar-refractivity contribution in [2.75, 3.05) is 17.2 Å². The number of anilines is 1. The van der Waals surface area contributed by atoms with Gasteiger partial charge in [0.1, 0.15) is 34.4 Å². The third-order valence-electron chi connectivity index (χ3n) is 7.94. The number of carbonyl (C=O) groups excluding carboxylic acids is 2. The van der Waals surface area contributed by atoms with Crippen molar-refractivity contribution in [3.63, 3.8) is 0 Å². The van der Waals surface area contributed by atoms with E-state index in [1.807, 2.05) is 0 Å². The van der Waals surface area contributed by atoms with E-state index in [-0.39, 0.29) is 92.9 Å². The van der Waals surface area contributed by atoms with Gasteiger partial charge in [0.05, 0.1) is 11.9 Å². The van der Waals surface area contributed by atoms with Crippen LogP contribution in [0.2, 0.25) is 0 Å². The second-order valence-electron chi connectivity index (χ2n) is 11.3. The van der Waals surface area contributed by atoms with Crippen molar-refractivity contribution in [2.45, 2.75) is 23.0 Å². The van der Waals surface area contributed by atoms with E-state index in [1.54, 1.807) is 28.9 Å². The van der Waals surface area contributed by atoms with E-state index in [9.17, 15) is 39.9 Å². The summed E-state index contributed by atoms with van der Waals surface area (Å²) >= 11 is 3.63. The number of carboxylic acids is 1. The number of rotatable bonds is 11. The molecule has 53 heavy (non-hydrogen) atoms.